The fourth-order valence-electron chi connectivity index (χ4n) is 3.05. The number of nitrogens with zero attached hydrogens (tertiary/aromatic N) is 2. The van der Waals surface area contributed by atoms with Gasteiger partial charge in [0.05, 0.1) is 22.4 Å². The Morgan fingerprint density at radius 2 is 1.80 bits per heavy atom. The smallest absolute Gasteiger partial charge is 0.319 e. The molecule has 0 unspecified atom stereocenters. The lowest BCUT2D eigenvalue weighted by molar-refractivity contribution is 0.251. The summed E-state index contributed by atoms with van der Waals surface area (Å²) >= 11 is 6.04. The van der Waals surface area contributed by atoms with Gasteiger partial charge in [0, 0.05) is 14.1 Å². The summed E-state index contributed by atoms with van der Waals surface area (Å²) in [6, 6.07) is 5.58. The molecule has 0 radical (unpaired) electrons. The van der Waals surface area contributed by atoms with Gasteiger partial charge in [0.15, 0.2) is 11.6 Å². The highest BCUT2D eigenvalue weighted by Gasteiger charge is 2.31. The number of hydrogen-bond donors (Lipinski definition) is 4. The summed E-state index contributed by atoms with van der Waals surface area (Å²) in [5, 5.41) is 21.3. The van der Waals surface area contributed by atoms with E-state index in [0.29, 0.717) is 11.5 Å². The van der Waals surface area contributed by atoms with Crippen LogP contribution in [-0.2, 0) is 20.2 Å². The number of rotatable bonds is 8. The zero-order valence-corrected chi connectivity index (χ0v) is 22.6. The van der Waals surface area contributed by atoms with Crippen LogP contribution in [-0.4, -0.2) is 46.2 Å². The molecule has 2 aromatic rings. The first-order chi connectivity index (χ1) is 15.8. The van der Waals surface area contributed by atoms with E-state index in [-0.39, 0.29) is 22.2 Å². The molecule has 0 aliphatic carbocycles. The van der Waals surface area contributed by atoms with Crippen molar-refractivity contribution >= 4 is 43.4 Å². The number of aryl methyl sites for hydroxylation is 1. The summed E-state index contributed by atoms with van der Waals surface area (Å²) in [5.74, 6) is 0.129. The molecule has 0 bridgehead atoms. The van der Waals surface area contributed by atoms with Gasteiger partial charge in [-0.1, -0.05) is 39.0 Å². The average molecular weight is 548 g/mol. The molecule has 0 aliphatic heterocycles. The molecule has 5 N–H and O–H groups in total. The highest BCUT2D eigenvalue weighted by Crippen LogP contribution is 2.39. The minimum atomic E-state index is -4.43. The van der Waals surface area contributed by atoms with E-state index >= 15 is 0 Å². The van der Waals surface area contributed by atoms with Crippen LogP contribution in [0.4, 0.5) is 5.69 Å². The second-order valence-corrected chi connectivity index (χ2v) is 12.7. The zero-order chi connectivity index (χ0) is 26.9. The van der Waals surface area contributed by atoms with Crippen molar-refractivity contribution in [3.63, 3.8) is 0 Å². The minimum absolute atomic E-state index is 0.0145. The van der Waals surface area contributed by atoms with Crippen LogP contribution in [0.2, 0.25) is 5.02 Å². The SMILES string of the molecule is C=C(N[C@@H](c1ccc(C)o1)C(C)(C)C)/C(=N\S(N)(=O)=O)Nc1ccc(Cl)c(S(=O)(=O)N(C)C)c1O. The van der Waals surface area contributed by atoms with E-state index in [2.05, 4.69) is 21.6 Å². The number of aromatic hydroxyl groups is 1. The van der Waals surface area contributed by atoms with E-state index in [1.165, 1.54) is 26.2 Å². The van der Waals surface area contributed by atoms with Gasteiger partial charge in [0.25, 0.3) is 0 Å². The van der Waals surface area contributed by atoms with Crippen LogP contribution in [0.25, 0.3) is 0 Å². The van der Waals surface area contributed by atoms with Crippen LogP contribution in [0.1, 0.15) is 38.3 Å². The maximum atomic E-state index is 12.7. The number of nitrogens with two attached hydrogens (primary N) is 1. The molecule has 35 heavy (non-hydrogen) atoms. The molecule has 0 saturated heterocycles. The van der Waals surface area contributed by atoms with E-state index in [1.807, 2.05) is 20.8 Å². The highest BCUT2D eigenvalue weighted by molar-refractivity contribution is 7.89. The van der Waals surface area contributed by atoms with E-state index in [1.54, 1.807) is 19.1 Å². The number of phenolic OH excluding ortho intramolecular Hbond substituents is 1. The third-order valence-corrected chi connectivity index (χ3v) is 7.56. The van der Waals surface area contributed by atoms with Crippen LogP contribution in [0, 0.1) is 12.3 Å². The lowest BCUT2D eigenvalue weighted by Crippen LogP contribution is -2.36. The Balaban J connectivity index is 2.56. The monoisotopic (exact) mass is 547 g/mol. The van der Waals surface area contributed by atoms with Gasteiger partial charge in [-0.15, -0.1) is 4.40 Å². The van der Waals surface area contributed by atoms with Crippen molar-refractivity contribution in [3.05, 3.63) is 53.1 Å². The fraction of sp³-hybridized carbons (Fsp3) is 0.381. The topological polar surface area (TPSA) is 167 Å². The van der Waals surface area contributed by atoms with Crippen molar-refractivity contribution in [2.75, 3.05) is 19.4 Å². The molecule has 0 saturated carbocycles. The summed E-state index contributed by atoms with van der Waals surface area (Å²) in [5.41, 5.74) is -0.629. The van der Waals surface area contributed by atoms with Crippen LogP contribution in [0.5, 0.6) is 5.75 Å². The Morgan fingerprint density at radius 1 is 1.20 bits per heavy atom. The molecule has 194 valence electrons. The molecule has 11 nitrogen and oxygen atoms in total. The molecule has 14 heteroatoms. The van der Waals surface area contributed by atoms with Gasteiger partial charge in [-0.3, -0.25) is 0 Å². The Hall–Kier alpha value is -2.58. The number of nitrogens with one attached hydrogen (secondary N) is 2. The summed E-state index contributed by atoms with van der Waals surface area (Å²) in [7, 11) is -6.03. The lowest BCUT2D eigenvalue weighted by Gasteiger charge is -2.31. The first-order valence-electron chi connectivity index (χ1n) is 10.2. The minimum Gasteiger partial charge on any atom is -0.504 e. The molecule has 1 aromatic heterocycles. The van der Waals surface area contributed by atoms with Gasteiger partial charge in [-0.25, -0.2) is 17.9 Å². The van der Waals surface area contributed by atoms with Crippen molar-refractivity contribution in [2.24, 2.45) is 15.0 Å². The average Bonchev–Trinajstić information content (AvgIpc) is 3.11. The molecule has 0 amide bonds. The quantitative estimate of drug-likeness (QED) is 0.222. The van der Waals surface area contributed by atoms with Gasteiger partial charge in [-0.2, -0.15) is 8.42 Å². The van der Waals surface area contributed by atoms with E-state index in [9.17, 15) is 21.9 Å². The second-order valence-electron chi connectivity index (χ2n) is 9.01. The maximum Gasteiger partial charge on any atom is 0.319 e. The third kappa shape index (κ3) is 6.98. The fourth-order valence-corrected chi connectivity index (χ4v) is 4.94. The Kier molecular flexibility index (Phi) is 8.34. The lowest BCUT2D eigenvalue weighted by atomic mass is 9.85. The number of phenols is 1. The van der Waals surface area contributed by atoms with Crippen molar-refractivity contribution in [3.8, 4) is 5.75 Å². The van der Waals surface area contributed by atoms with Crippen molar-refractivity contribution in [1.29, 1.82) is 0 Å². The first-order valence-corrected chi connectivity index (χ1v) is 13.5. The van der Waals surface area contributed by atoms with Crippen LogP contribution in [0.15, 0.2) is 50.3 Å². The van der Waals surface area contributed by atoms with Crippen LogP contribution >= 0.6 is 11.6 Å². The molecular weight excluding hydrogens is 518 g/mol. The van der Waals surface area contributed by atoms with Gasteiger partial charge in [-0.05, 0) is 36.6 Å². The van der Waals surface area contributed by atoms with E-state index in [0.717, 1.165) is 4.31 Å². The number of furan rings is 1. The number of halogens is 1. The molecule has 1 aromatic carbocycles. The molecule has 1 heterocycles. The normalized spacial score (nSPS) is 14.1. The number of benzene rings is 1. The number of hydrogen-bond acceptors (Lipinski definition) is 7. The molecule has 1 atom stereocenters. The van der Waals surface area contributed by atoms with E-state index in [4.69, 9.17) is 21.2 Å². The summed E-state index contributed by atoms with van der Waals surface area (Å²) in [4.78, 5) is -0.568. The summed E-state index contributed by atoms with van der Waals surface area (Å²) in [6.45, 7) is 11.5. The Morgan fingerprint density at radius 3 is 2.26 bits per heavy atom. The molecule has 0 spiro atoms. The molecule has 0 fully saturated rings. The second kappa shape index (κ2) is 10.2. The van der Waals surface area contributed by atoms with Crippen molar-refractivity contribution in [2.45, 2.75) is 38.6 Å². The zero-order valence-electron chi connectivity index (χ0n) is 20.2. The Labute approximate surface area is 210 Å². The molecule has 0 aliphatic rings. The summed E-state index contributed by atoms with van der Waals surface area (Å²) in [6.07, 6.45) is 0. The first kappa shape index (κ1) is 28.7. The largest absolute Gasteiger partial charge is 0.504 e. The molecular formula is C21H30ClN5O6S2. The van der Waals surface area contributed by atoms with Gasteiger partial charge in [0.2, 0.25) is 10.0 Å². The number of anilines is 1. The number of amidine groups is 1. The highest BCUT2D eigenvalue weighted by atomic mass is 35.5. The predicted molar refractivity (Wildman–Crippen MR) is 136 cm³/mol. The number of sulfonamides is 1. The van der Waals surface area contributed by atoms with Gasteiger partial charge >= 0.3 is 10.2 Å². The van der Waals surface area contributed by atoms with Crippen LogP contribution < -0.4 is 15.8 Å². The van der Waals surface area contributed by atoms with E-state index < -0.39 is 42.3 Å². The predicted octanol–water partition coefficient (Wildman–Crippen LogP) is 3.10. The third-order valence-electron chi connectivity index (χ3n) is 4.81. The Bertz CT molecular complexity index is 1360. The van der Waals surface area contributed by atoms with Crippen LogP contribution in [0.3, 0.4) is 0 Å². The van der Waals surface area contributed by atoms with Crippen molar-refractivity contribution < 1.29 is 26.4 Å². The summed E-state index contributed by atoms with van der Waals surface area (Å²) < 4.78 is 59.1. The van der Waals surface area contributed by atoms with Gasteiger partial charge < -0.3 is 20.2 Å². The standard InChI is InChI=1S/C21H30ClN5O6S2/c1-12-8-11-16(33-12)19(21(3,4)5)24-13(2)20(26-35(23,31)32)25-15-10-9-14(22)18(17(15)28)34(29,30)27(6)7/h8-11,19,24,28H,2H2,1,3-7H3,(H,25,26)(H2,23,31,32)/t19-/m0/s1. The van der Waals surface area contributed by atoms with Crippen molar-refractivity contribution in [1.82, 2.24) is 9.62 Å². The maximum absolute atomic E-state index is 12.7. The van der Waals surface area contributed by atoms with Gasteiger partial charge in [0.1, 0.15) is 16.4 Å². The molecule has 2 rings (SSSR count).